The van der Waals surface area contributed by atoms with Gasteiger partial charge in [-0.25, -0.2) is 14.3 Å². The van der Waals surface area contributed by atoms with Crippen LogP contribution in [0.5, 0.6) is 0 Å². The topological polar surface area (TPSA) is 96.6 Å². The molecule has 0 aliphatic rings. The molecule has 2 aromatic heterocycles. The third kappa shape index (κ3) is 2.93. The van der Waals surface area contributed by atoms with Gasteiger partial charge in [-0.1, -0.05) is 11.6 Å². The molecule has 0 spiro atoms. The van der Waals surface area contributed by atoms with E-state index in [4.69, 9.17) is 16.7 Å². The van der Waals surface area contributed by atoms with E-state index in [0.29, 0.717) is 22.6 Å². The molecule has 0 saturated carbocycles. The summed E-state index contributed by atoms with van der Waals surface area (Å²) in [5, 5.41) is 16.2. The first kappa shape index (κ1) is 15.9. The zero-order valence-corrected chi connectivity index (χ0v) is 13.6. The number of fused-ring (bicyclic) bond motifs is 1. The van der Waals surface area contributed by atoms with Crippen LogP contribution in [0.1, 0.15) is 32.1 Å². The lowest BCUT2D eigenvalue weighted by Crippen LogP contribution is -2.16. The fourth-order valence-electron chi connectivity index (χ4n) is 2.37. The molecule has 0 aliphatic carbocycles. The van der Waals surface area contributed by atoms with Crippen molar-refractivity contribution in [3.63, 3.8) is 0 Å². The lowest BCUT2D eigenvalue weighted by molar-refractivity contribution is 0.0696. The normalized spacial score (nSPS) is 10.8. The summed E-state index contributed by atoms with van der Waals surface area (Å²) >= 11 is 5.89. The fraction of sp³-hybridized carbons (Fsp3) is 0.125. The molecule has 0 unspecified atom stereocenters. The maximum atomic E-state index is 12.5. The number of hydrogen-bond donors (Lipinski definition) is 2. The van der Waals surface area contributed by atoms with E-state index in [9.17, 15) is 9.59 Å². The highest BCUT2D eigenvalue weighted by molar-refractivity contribution is 6.31. The van der Waals surface area contributed by atoms with E-state index in [1.54, 1.807) is 11.4 Å². The van der Waals surface area contributed by atoms with Crippen molar-refractivity contribution in [3.8, 4) is 0 Å². The van der Waals surface area contributed by atoms with Crippen LogP contribution in [0.15, 0.2) is 30.5 Å². The first-order valence-corrected chi connectivity index (χ1v) is 7.40. The van der Waals surface area contributed by atoms with Crippen LogP contribution in [0.25, 0.3) is 5.65 Å². The second-order valence-electron chi connectivity index (χ2n) is 5.30. The van der Waals surface area contributed by atoms with Gasteiger partial charge in [0.1, 0.15) is 0 Å². The van der Waals surface area contributed by atoms with E-state index in [2.05, 4.69) is 15.4 Å². The number of rotatable bonds is 3. The van der Waals surface area contributed by atoms with Gasteiger partial charge in [0.2, 0.25) is 0 Å². The van der Waals surface area contributed by atoms with Crippen LogP contribution < -0.4 is 5.32 Å². The molecule has 7 nitrogen and oxygen atoms in total. The van der Waals surface area contributed by atoms with Crippen molar-refractivity contribution in [2.24, 2.45) is 0 Å². The Hall–Kier alpha value is -2.93. The minimum atomic E-state index is -1.13. The molecule has 0 atom stereocenters. The van der Waals surface area contributed by atoms with Crippen molar-refractivity contribution < 1.29 is 14.7 Å². The number of carboxylic acid groups (broad SMARTS) is 1. The van der Waals surface area contributed by atoms with Crippen molar-refractivity contribution in [1.29, 1.82) is 0 Å². The SMILES string of the molecule is Cc1cc2ncc(C(=O)Nc3cc(Cl)cc(C(=O)O)c3)c(C)n2n1. The van der Waals surface area contributed by atoms with Crippen LogP contribution in [0.4, 0.5) is 5.69 Å². The van der Waals surface area contributed by atoms with Crippen molar-refractivity contribution in [2.75, 3.05) is 5.32 Å². The van der Waals surface area contributed by atoms with Crippen molar-refractivity contribution in [3.05, 3.63) is 58.0 Å². The summed E-state index contributed by atoms with van der Waals surface area (Å²) in [5.41, 5.74) is 2.70. The van der Waals surface area contributed by atoms with Gasteiger partial charge in [-0.2, -0.15) is 5.10 Å². The van der Waals surface area contributed by atoms with Crippen molar-refractivity contribution in [2.45, 2.75) is 13.8 Å². The van der Waals surface area contributed by atoms with Gasteiger partial charge in [0.25, 0.3) is 5.91 Å². The average molecular weight is 345 g/mol. The van der Waals surface area contributed by atoms with Crippen molar-refractivity contribution in [1.82, 2.24) is 14.6 Å². The molecule has 8 heteroatoms. The number of aromatic nitrogens is 3. The summed E-state index contributed by atoms with van der Waals surface area (Å²) in [7, 11) is 0. The Labute approximate surface area is 141 Å². The monoisotopic (exact) mass is 344 g/mol. The molecule has 3 aromatic rings. The molecule has 1 amide bonds. The first-order valence-electron chi connectivity index (χ1n) is 7.02. The summed E-state index contributed by atoms with van der Waals surface area (Å²) in [6.45, 7) is 3.60. The number of aromatic carboxylic acids is 1. The highest BCUT2D eigenvalue weighted by atomic mass is 35.5. The van der Waals surface area contributed by atoms with E-state index >= 15 is 0 Å². The van der Waals surface area contributed by atoms with E-state index in [-0.39, 0.29) is 10.6 Å². The Morgan fingerprint density at radius 3 is 2.67 bits per heavy atom. The highest BCUT2D eigenvalue weighted by Gasteiger charge is 2.15. The summed E-state index contributed by atoms with van der Waals surface area (Å²) in [4.78, 5) is 27.8. The lowest BCUT2D eigenvalue weighted by Gasteiger charge is -2.09. The molecule has 0 fully saturated rings. The minimum Gasteiger partial charge on any atom is -0.478 e. The molecule has 0 bridgehead atoms. The summed E-state index contributed by atoms with van der Waals surface area (Å²) in [5.74, 6) is -1.55. The second kappa shape index (κ2) is 5.93. The molecule has 2 heterocycles. The quantitative estimate of drug-likeness (QED) is 0.761. The van der Waals surface area contributed by atoms with Crippen LogP contribution in [0.3, 0.4) is 0 Å². The van der Waals surface area contributed by atoms with Gasteiger partial charge >= 0.3 is 5.97 Å². The smallest absolute Gasteiger partial charge is 0.335 e. The summed E-state index contributed by atoms with van der Waals surface area (Å²) in [6, 6.07) is 5.94. The van der Waals surface area contributed by atoms with Crippen LogP contribution >= 0.6 is 11.6 Å². The molecule has 3 rings (SSSR count). The number of hydrogen-bond acceptors (Lipinski definition) is 4. The Morgan fingerprint density at radius 1 is 1.21 bits per heavy atom. The van der Waals surface area contributed by atoms with Gasteiger partial charge in [-0.15, -0.1) is 0 Å². The Kier molecular flexibility index (Phi) is 3.94. The maximum absolute atomic E-state index is 12.5. The number of nitrogens with zero attached hydrogens (tertiary/aromatic N) is 3. The van der Waals surface area contributed by atoms with Crippen LogP contribution in [-0.4, -0.2) is 31.6 Å². The Morgan fingerprint density at radius 2 is 1.96 bits per heavy atom. The number of aryl methyl sites for hydroxylation is 2. The zero-order valence-electron chi connectivity index (χ0n) is 12.9. The molecule has 0 saturated heterocycles. The number of carboxylic acids is 1. The molecule has 0 radical (unpaired) electrons. The predicted molar refractivity (Wildman–Crippen MR) is 88.8 cm³/mol. The number of carbonyl (C=O) groups excluding carboxylic acids is 1. The molecule has 1 aromatic carbocycles. The summed E-state index contributed by atoms with van der Waals surface area (Å²) in [6.07, 6.45) is 1.46. The number of amides is 1. The van der Waals surface area contributed by atoms with Crippen molar-refractivity contribution >= 4 is 34.8 Å². The first-order chi connectivity index (χ1) is 11.3. The van der Waals surface area contributed by atoms with Crippen LogP contribution in [-0.2, 0) is 0 Å². The van der Waals surface area contributed by atoms with Gasteiger partial charge in [0.15, 0.2) is 5.65 Å². The number of halogens is 1. The third-order valence-corrected chi connectivity index (χ3v) is 3.71. The molecule has 2 N–H and O–H groups in total. The minimum absolute atomic E-state index is 0.00852. The second-order valence-corrected chi connectivity index (χ2v) is 5.74. The predicted octanol–water partition coefficient (Wildman–Crippen LogP) is 2.95. The number of anilines is 1. The number of benzene rings is 1. The fourth-order valence-corrected chi connectivity index (χ4v) is 2.60. The standard InChI is InChI=1S/C16H13ClN4O3/c1-8-3-14-18-7-13(9(2)21(14)20-8)15(22)19-12-5-10(16(23)24)4-11(17)6-12/h3-7H,1-2H3,(H,19,22)(H,23,24). The van der Waals surface area contributed by atoms with Crippen LogP contribution in [0, 0.1) is 13.8 Å². The van der Waals surface area contributed by atoms with Crippen LogP contribution in [0.2, 0.25) is 5.02 Å². The largest absolute Gasteiger partial charge is 0.478 e. The molecule has 122 valence electrons. The zero-order chi connectivity index (χ0) is 17.4. The number of carbonyl (C=O) groups is 2. The van der Waals surface area contributed by atoms with Gasteiger partial charge in [-0.05, 0) is 32.0 Å². The third-order valence-electron chi connectivity index (χ3n) is 3.49. The van der Waals surface area contributed by atoms with E-state index in [0.717, 1.165) is 5.69 Å². The van der Waals surface area contributed by atoms with Gasteiger partial charge in [0, 0.05) is 23.0 Å². The molecule has 0 aliphatic heterocycles. The molecule has 24 heavy (non-hydrogen) atoms. The molecular formula is C16H13ClN4O3. The van der Waals surface area contributed by atoms with E-state index < -0.39 is 11.9 Å². The van der Waals surface area contributed by atoms with Gasteiger partial charge in [-0.3, -0.25) is 4.79 Å². The highest BCUT2D eigenvalue weighted by Crippen LogP contribution is 2.20. The average Bonchev–Trinajstić information content (AvgIpc) is 2.88. The maximum Gasteiger partial charge on any atom is 0.335 e. The van der Waals surface area contributed by atoms with E-state index in [1.807, 2.05) is 13.0 Å². The Balaban J connectivity index is 1.96. The summed E-state index contributed by atoms with van der Waals surface area (Å²) < 4.78 is 1.59. The molecular weight excluding hydrogens is 332 g/mol. The number of nitrogens with one attached hydrogen (secondary N) is 1. The Bertz CT molecular complexity index is 981. The van der Waals surface area contributed by atoms with Gasteiger partial charge < -0.3 is 10.4 Å². The van der Waals surface area contributed by atoms with Gasteiger partial charge in [0.05, 0.1) is 22.5 Å². The lowest BCUT2D eigenvalue weighted by atomic mass is 10.2. The van der Waals surface area contributed by atoms with E-state index in [1.165, 1.54) is 24.4 Å².